The number of hydrogen-bond donors (Lipinski definition) is 2. The van der Waals surface area contributed by atoms with Gasteiger partial charge >= 0.3 is 6.09 Å². The summed E-state index contributed by atoms with van der Waals surface area (Å²) in [7, 11) is 4.02. The van der Waals surface area contributed by atoms with Gasteiger partial charge in [-0.05, 0) is 44.6 Å². The maximum Gasteiger partial charge on any atom is 0.407 e. The molecule has 0 saturated heterocycles. The zero-order valence-electron chi connectivity index (χ0n) is 23.4. The number of nitrogens with one attached hydrogen (secondary N) is 2. The second-order valence-corrected chi connectivity index (χ2v) is 10.2. The molecule has 0 saturated carbocycles. The summed E-state index contributed by atoms with van der Waals surface area (Å²) >= 11 is 0. The number of amides is 2. The highest BCUT2D eigenvalue weighted by Crippen LogP contribution is 2.24. The molecule has 2 N–H and O–H groups in total. The summed E-state index contributed by atoms with van der Waals surface area (Å²) in [5.74, 6) is 0. The highest BCUT2D eigenvalue weighted by Gasteiger charge is 2.15. The first-order valence-electron chi connectivity index (χ1n) is 14.4. The Bertz CT molecular complexity index is 681. The highest BCUT2D eigenvalue weighted by molar-refractivity contribution is 5.67. The lowest BCUT2D eigenvalue weighted by Gasteiger charge is -2.20. The fourth-order valence-electron chi connectivity index (χ4n) is 4.56. The molecule has 1 aromatic carbocycles. The number of alkyl carbamates (subject to hydrolysis) is 1. The van der Waals surface area contributed by atoms with Gasteiger partial charge in [-0.15, -0.1) is 0 Å². The minimum Gasteiger partial charge on any atom is -0.445 e. The van der Waals surface area contributed by atoms with Crippen LogP contribution in [0, 0.1) is 0 Å². The van der Waals surface area contributed by atoms with Gasteiger partial charge in [0.2, 0.25) is 6.41 Å². The van der Waals surface area contributed by atoms with Crippen LogP contribution >= 0.6 is 0 Å². The van der Waals surface area contributed by atoms with Crippen LogP contribution in [0.2, 0.25) is 0 Å². The van der Waals surface area contributed by atoms with Crippen molar-refractivity contribution >= 4 is 12.5 Å². The van der Waals surface area contributed by atoms with E-state index in [1.54, 1.807) is 0 Å². The lowest BCUT2D eigenvalue weighted by atomic mass is 9.95. The minimum absolute atomic E-state index is 0.0573. The number of hydrogen-bond acceptors (Lipinski definition) is 4. The molecule has 0 heterocycles. The third kappa shape index (κ3) is 16.6. The van der Waals surface area contributed by atoms with Crippen molar-refractivity contribution in [3.63, 3.8) is 0 Å². The minimum atomic E-state index is -0.403. The fourth-order valence-corrected chi connectivity index (χ4v) is 4.56. The summed E-state index contributed by atoms with van der Waals surface area (Å²) in [6.45, 7) is 3.98. The predicted molar refractivity (Wildman–Crippen MR) is 150 cm³/mol. The Labute approximate surface area is 220 Å². The molecule has 36 heavy (non-hydrogen) atoms. The van der Waals surface area contributed by atoms with Gasteiger partial charge in [0.25, 0.3) is 0 Å². The van der Waals surface area contributed by atoms with E-state index < -0.39 is 6.09 Å². The van der Waals surface area contributed by atoms with Crippen LogP contribution in [0.5, 0.6) is 0 Å². The van der Waals surface area contributed by atoms with Crippen LogP contribution in [-0.2, 0) is 16.1 Å². The van der Waals surface area contributed by atoms with Gasteiger partial charge in [0.1, 0.15) is 6.61 Å². The van der Waals surface area contributed by atoms with Crippen LogP contribution in [0.25, 0.3) is 0 Å². The number of nitrogens with zero attached hydrogens (tertiary/aromatic N) is 1. The Hall–Kier alpha value is -2.08. The van der Waals surface area contributed by atoms with Crippen LogP contribution in [0.4, 0.5) is 4.79 Å². The molecular formula is C30H53N3O3. The second kappa shape index (κ2) is 22.1. The van der Waals surface area contributed by atoms with Crippen LogP contribution < -0.4 is 10.6 Å². The van der Waals surface area contributed by atoms with Gasteiger partial charge in [0, 0.05) is 6.54 Å². The molecule has 1 rings (SSSR count). The smallest absolute Gasteiger partial charge is 0.407 e. The van der Waals surface area contributed by atoms with E-state index in [1.807, 2.05) is 38.4 Å². The van der Waals surface area contributed by atoms with Gasteiger partial charge in [0.05, 0.1) is 6.04 Å². The van der Waals surface area contributed by atoms with Crippen LogP contribution in [0.3, 0.4) is 0 Å². The van der Waals surface area contributed by atoms with Crippen molar-refractivity contribution in [3.8, 4) is 0 Å². The number of unbranched alkanes of at least 4 members (excludes halogenated alkanes) is 12. The largest absolute Gasteiger partial charge is 0.445 e. The van der Waals surface area contributed by atoms with E-state index in [1.165, 1.54) is 77.0 Å². The van der Waals surface area contributed by atoms with Crippen LogP contribution in [-0.4, -0.2) is 44.6 Å². The van der Waals surface area contributed by atoms with Crippen molar-refractivity contribution in [2.45, 2.75) is 116 Å². The van der Waals surface area contributed by atoms with Crippen molar-refractivity contribution < 1.29 is 14.3 Å². The third-order valence-corrected chi connectivity index (χ3v) is 6.71. The molecule has 0 aliphatic rings. The summed E-state index contributed by atoms with van der Waals surface area (Å²) in [6.07, 6.45) is 19.3. The standard InChI is InChI=1S/C30H53N3O3/c1-4-5-6-7-8-9-10-11-12-13-14-15-16-22-29(32-26-34)28-21-18-17-20-27(28)25-36-30(35)31-23-19-24-33(2)3/h17-18,20-21,26,29H,4-16,19,22-25H2,1-3H3,(H,31,35)(H,32,34). The van der Waals surface area contributed by atoms with Crippen LogP contribution in [0.15, 0.2) is 24.3 Å². The molecule has 6 heteroatoms. The summed E-state index contributed by atoms with van der Waals surface area (Å²) in [5.41, 5.74) is 1.97. The SMILES string of the molecule is CCCCCCCCCCCCCCCC(NC=O)c1ccccc1COC(=O)NCCCN(C)C. The average molecular weight is 504 g/mol. The Kier molecular flexibility index (Phi) is 19.7. The van der Waals surface area contributed by atoms with Crippen LogP contribution in [0.1, 0.15) is 120 Å². The van der Waals surface area contributed by atoms with Crippen molar-refractivity contribution in [3.05, 3.63) is 35.4 Å². The highest BCUT2D eigenvalue weighted by atomic mass is 16.5. The first-order valence-corrected chi connectivity index (χ1v) is 14.4. The van der Waals surface area contributed by atoms with E-state index in [4.69, 9.17) is 4.74 Å². The molecule has 2 amide bonds. The van der Waals surface area contributed by atoms with E-state index in [0.29, 0.717) is 6.54 Å². The number of rotatable bonds is 23. The van der Waals surface area contributed by atoms with E-state index in [0.717, 1.165) is 43.3 Å². The normalized spacial score (nSPS) is 11.9. The molecule has 0 spiro atoms. The molecule has 1 unspecified atom stereocenters. The molecule has 1 atom stereocenters. The maximum atomic E-state index is 12.1. The van der Waals surface area contributed by atoms with E-state index in [9.17, 15) is 9.59 Å². The molecule has 0 radical (unpaired) electrons. The summed E-state index contributed by atoms with van der Waals surface area (Å²) in [5, 5.41) is 5.78. The molecule has 0 bridgehead atoms. The number of carbonyl (C=O) groups is 2. The predicted octanol–water partition coefficient (Wildman–Crippen LogP) is 7.13. The lowest BCUT2D eigenvalue weighted by molar-refractivity contribution is -0.110. The van der Waals surface area contributed by atoms with Gasteiger partial charge in [0.15, 0.2) is 0 Å². The van der Waals surface area contributed by atoms with Gasteiger partial charge in [-0.1, -0.05) is 115 Å². The Morgan fingerprint density at radius 3 is 2.06 bits per heavy atom. The van der Waals surface area contributed by atoms with E-state index >= 15 is 0 Å². The quantitative estimate of drug-likeness (QED) is 0.123. The summed E-state index contributed by atoms with van der Waals surface area (Å²) in [6, 6.07) is 7.86. The molecule has 206 valence electrons. The topological polar surface area (TPSA) is 70.7 Å². The third-order valence-electron chi connectivity index (χ3n) is 6.71. The Morgan fingerprint density at radius 2 is 1.47 bits per heavy atom. The molecule has 0 fully saturated rings. The van der Waals surface area contributed by atoms with Gasteiger partial charge in [-0.2, -0.15) is 0 Å². The molecular weight excluding hydrogens is 450 g/mol. The van der Waals surface area contributed by atoms with Crippen molar-refractivity contribution in [1.82, 2.24) is 15.5 Å². The van der Waals surface area contributed by atoms with Crippen molar-refractivity contribution in [2.75, 3.05) is 27.2 Å². The monoisotopic (exact) mass is 503 g/mol. The molecule has 1 aromatic rings. The van der Waals surface area contributed by atoms with Gasteiger partial charge < -0.3 is 20.3 Å². The molecule has 0 aliphatic heterocycles. The summed E-state index contributed by atoms with van der Waals surface area (Å²) in [4.78, 5) is 25.4. The fraction of sp³-hybridized carbons (Fsp3) is 0.733. The van der Waals surface area contributed by atoms with Gasteiger partial charge in [-0.3, -0.25) is 4.79 Å². The van der Waals surface area contributed by atoms with Crippen molar-refractivity contribution in [2.24, 2.45) is 0 Å². The van der Waals surface area contributed by atoms with E-state index in [-0.39, 0.29) is 12.6 Å². The maximum absolute atomic E-state index is 12.1. The Balaban J connectivity index is 2.29. The number of carbonyl (C=O) groups excluding carboxylic acids is 2. The first-order chi connectivity index (χ1) is 17.6. The lowest BCUT2D eigenvalue weighted by Crippen LogP contribution is -2.28. The zero-order valence-corrected chi connectivity index (χ0v) is 23.4. The van der Waals surface area contributed by atoms with Crippen molar-refractivity contribution in [1.29, 1.82) is 0 Å². The molecule has 0 aromatic heterocycles. The zero-order chi connectivity index (χ0) is 26.3. The number of benzene rings is 1. The first kappa shape index (κ1) is 31.9. The number of ether oxygens (including phenoxy) is 1. The van der Waals surface area contributed by atoms with E-state index in [2.05, 4.69) is 22.5 Å². The average Bonchev–Trinajstić information content (AvgIpc) is 2.87. The second-order valence-electron chi connectivity index (χ2n) is 10.2. The summed E-state index contributed by atoms with van der Waals surface area (Å²) < 4.78 is 5.45. The molecule has 0 aliphatic carbocycles. The Morgan fingerprint density at radius 1 is 0.889 bits per heavy atom. The van der Waals surface area contributed by atoms with Gasteiger partial charge in [-0.25, -0.2) is 4.79 Å². The molecule has 6 nitrogen and oxygen atoms in total.